The van der Waals surface area contributed by atoms with Gasteiger partial charge in [-0.25, -0.2) is 8.42 Å². The van der Waals surface area contributed by atoms with Gasteiger partial charge in [0.15, 0.2) is 9.84 Å². The summed E-state index contributed by atoms with van der Waals surface area (Å²) in [6, 6.07) is 8.48. The molecule has 0 amide bonds. The van der Waals surface area contributed by atoms with Gasteiger partial charge >= 0.3 is 0 Å². The van der Waals surface area contributed by atoms with Crippen LogP contribution in [0, 0.1) is 0 Å². The molecule has 15 heavy (non-hydrogen) atoms. The molecule has 82 valence electrons. The molecule has 0 N–H and O–H groups in total. The molecule has 0 unspecified atom stereocenters. The SMILES string of the molecule is CCCCC=CS(=O)(=O)c1ccccc1. The summed E-state index contributed by atoms with van der Waals surface area (Å²) in [4.78, 5) is 0.359. The standard InChI is InChI=1S/C12H16O2S/c1-2-3-4-8-11-15(13,14)12-9-6-5-7-10-12/h5-11H,2-4H2,1H3. The van der Waals surface area contributed by atoms with Crippen LogP contribution in [0.4, 0.5) is 0 Å². The highest BCUT2D eigenvalue weighted by Gasteiger charge is 2.07. The Hall–Kier alpha value is -1.09. The van der Waals surface area contributed by atoms with Crippen molar-refractivity contribution < 1.29 is 8.42 Å². The molecular weight excluding hydrogens is 208 g/mol. The zero-order valence-electron chi connectivity index (χ0n) is 8.89. The Kier molecular flexibility index (Phi) is 4.56. The average Bonchev–Trinajstić information content (AvgIpc) is 2.26. The van der Waals surface area contributed by atoms with Crippen LogP contribution < -0.4 is 0 Å². The Morgan fingerprint density at radius 2 is 1.87 bits per heavy atom. The van der Waals surface area contributed by atoms with Crippen molar-refractivity contribution in [1.29, 1.82) is 0 Å². The summed E-state index contributed by atoms with van der Waals surface area (Å²) in [5, 5.41) is 1.30. The van der Waals surface area contributed by atoms with Crippen molar-refractivity contribution in [3.63, 3.8) is 0 Å². The number of unbranched alkanes of at least 4 members (excludes halogenated alkanes) is 2. The van der Waals surface area contributed by atoms with Crippen molar-refractivity contribution in [3.8, 4) is 0 Å². The number of hydrogen-bond donors (Lipinski definition) is 0. The number of rotatable bonds is 5. The van der Waals surface area contributed by atoms with Gasteiger partial charge in [0, 0.05) is 5.41 Å². The molecule has 0 spiro atoms. The minimum absolute atomic E-state index is 0.359. The molecule has 0 aliphatic rings. The van der Waals surface area contributed by atoms with Crippen molar-refractivity contribution in [2.24, 2.45) is 0 Å². The summed E-state index contributed by atoms with van der Waals surface area (Å²) in [5.74, 6) is 0. The van der Waals surface area contributed by atoms with Crippen LogP contribution in [-0.2, 0) is 9.84 Å². The van der Waals surface area contributed by atoms with E-state index in [2.05, 4.69) is 6.92 Å². The lowest BCUT2D eigenvalue weighted by Crippen LogP contribution is -1.95. The van der Waals surface area contributed by atoms with Crippen LogP contribution in [0.15, 0.2) is 46.7 Å². The van der Waals surface area contributed by atoms with Crippen molar-refractivity contribution in [3.05, 3.63) is 41.8 Å². The molecule has 1 rings (SSSR count). The number of hydrogen-bond acceptors (Lipinski definition) is 2. The van der Waals surface area contributed by atoms with Crippen LogP contribution in [-0.4, -0.2) is 8.42 Å². The predicted octanol–water partition coefficient (Wildman–Crippen LogP) is 3.16. The van der Waals surface area contributed by atoms with Gasteiger partial charge in [-0.1, -0.05) is 44.0 Å². The van der Waals surface area contributed by atoms with E-state index in [0.29, 0.717) is 4.90 Å². The van der Waals surface area contributed by atoms with Gasteiger partial charge in [0.1, 0.15) is 0 Å². The van der Waals surface area contributed by atoms with Gasteiger partial charge in [-0.3, -0.25) is 0 Å². The van der Waals surface area contributed by atoms with E-state index in [1.54, 1.807) is 36.4 Å². The van der Waals surface area contributed by atoms with Crippen LogP contribution in [0.5, 0.6) is 0 Å². The Labute approximate surface area is 91.6 Å². The molecule has 0 saturated heterocycles. The van der Waals surface area contributed by atoms with E-state index >= 15 is 0 Å². The minimum atomic E-state index is -3.22. The second-order valence-electron chi connectivity index (χ2n) is 3.37. The van der Waals surface area contributed by atoms with Crippen LogP contribution in [0.1, 0.15) is 26.2 Å². The second kappa shape index (κ2) is 5.71. The molecule has 0 aliphatic carbocycles. The molecule has 1 aromatic rings. The molecule has 1 aromatic carbocycles. The monoisotopic (exact) mass is 224 g/mol. The minimum Gasteiger partial charge on any atom is -0.219 e. The van der Waals surface area contributed by atoms with E-state index < -0.39 is 9.84 Å². The lowest BCUT2D eigenvalue weighted by molar-refractivity contribution is 0.604. The van der Waals surface area contributed by atoms with Gasteiger partial charge in [-0.2, -0.15) is 0 Å². The highest BCUT2D eigenvalue weighted by molar-refractivity contribution is 7.94. The summed E-state index contributed by atoms with van der Waals surface area (Å²) < 4.78 is 23.4. The quantitative estimate of drug-likeness (QED) is 0.720. The zero-order chi connectivity index (χ0) is 11.1. The summed E-state index contributed by atoms with van der Waals surface area (Å²) in [6.07, 6.45) is 4.66. The van der Waals surface area contributed by atoms with Gasteiger partial charge in [-0.15, -0.1) is 0 Å². The lowest BCUT2D eigenvalue weighted by atomic mass is 10.2. The van der Waals surface area contributed by atoms with Gasteiger partial charge in [0.05, 0.1) is 4.90 Å². The third-order valence-corrected chi connectivity index (χ3v) is 3.55. The number of allylic oxidation sites excluding steroid dienone is 1. The topological polar surface area (TPSA) is 34.1 Å². The first-order chi connectivity index (χ1) is 7.17. The van der Waals surface area contributed by atoms with Crippen LogP contribution >= 0.6 is 0 Å². The van der Waals surface area contributed by atoms with E-state index in [0.717, 1.165) is 19.3 Å². The van der Waals surface area contributed by atoms with Crippen molar-refractivity contribution in [2.75, 3.05) is 0 Å². The van der Waals surface area contributed by atoms with Crippen molar-refractivity contribution in [1.82, 2.24) is 0 Å². The summed E-state index contributed by atoms with van der Waals surface area (Å²) in [6.45, 7) is 2.08. The third-order valence-electron chi connectivity index (χ3n) is 2.07. The molecule has 0 aromatic heterocycles. The first-order valence-corrected chi connectivity index (χ1v) is 6.68. The van der Waals surface area contributed by atoms with Gasteiger partial charge in [-0.05, 0) is 18.6 Å². The Morgan fingerprint density at radius 1 is 1.20 bits per heavy atom. The van der Waals surface area contributed by atoms with Crippen LogP contribution in [0.25, 0.3) is 0 Å². The predicted molar refractivity (Wildman–Crippen MR) is 62.3 cm³/mol. The fourth-order valence-corrected chi connectivity index (χ4v) is 2.29. The van der Waals surface area contributed by atoms with Gasteiger partial charge in [0.2, 0.25) is 0 Å². The molecule has 0 fully saturated rings. The zero-order valence-corrected chi connectivity index (χ0v) is 9.70. The van der Waals surface area contributed by atoms with E-state index in [-0.39, 0.29) is 0 Å². The molecule has 0 saturated carbocycles. The Bertz CT molecular complexity index is 405. The highest BCUT2D eigenvalue weighted by atomic mass is 32.2. The molecule has 3 heteroatoms. The number of benzene rings is 1. The number of sulfone groups is 1. The fourth-order valence-electron chi connectivity index (χ4n) is 1.21. The van der Waals surface area contributed by atoms with Crippen LogP contribution in [0.2, 0.25) is 0 Å². The molecule has 0 aliphatic heterocycles. The molecule has 0 heterocycles. The van der Waals surface area contributed by atoms with Gasteiger partial charge < -0.3 is 0 Å². The summed E-state index contributed by atoms with van der Waals surface area (Å²) in [7, 11) is -3.22. The summed E-state index contributed by atoms with van der Waals surface area (Å²) in [5.41, 5.74) is 0. The van der Waals surface area contributed by atoms with E-state index in [1.165, 1.54) is 5.41 Å². The van der Waals surface area contributed by atoms with E-state index in [1.807, 2.05) is 0 Å². The maximum absolute atomic E-state index is 11.7. The summed E-state index contributed by atoms with van der Waals surface area (Å²) >= 11 is 0. The van der Waals surface area contributed by atoms with Crippen LogP contribution in [0.3, 0.4) is 0 Å². The smallest absolute Gasteiger partial charge is 0.199 e. The Morgan fingerprint density at radius 3 is 2.47 bits per heavy atom. The second-order valence-corrected chi connectivity index (χ2v) is 5.21. The largest absolute Gasteiger partial charge is 0.219 e. The molecule has 0 bridgehead atoms. The third kappa shape index (κ3) is 3.88. The van der Waals surface area contributed by atoms with Crippen molar-refractivity contribution >= 4 is 9.84 Å². The van der Waals surface area contributed by atoms with E-state index in [4.69, 9.17) is 0 Å². The maximum atomic E-state index is 11.7. The lowest BCUT2D eigenvalue weighted by Gasteiger charge is -1.97. The first kappa shape index (κ1) is 12.0. The Balaban J connectivity index is 2.73. The molecule has 2 nitrogen and oxygen atoms in total. The normalized spacial score (nSPS) is 12.1. The molecule has 0 atom stereocenters. The molecule has 0 radical (unpaired) electrons. The fraction of sp³-hybridized carbons (Fsp3) is 0.333. The first-order valence-electron chi connectivity index (χ1n) is 5.13. The van der Waals surface area contributed by atoms with Crippen molar-refractivity contribution in [2.45, 2.75) is 31.1 Å². The van der Waals surface area contributed by atoms with E-state index in [9.17, 15) is 8.42 Å². The maximum Gasteiger partial charge on any atom is 0.199 e. The van der Waals surface area contributed by atoms with Gasteiger partial charge in [0.25, 0.3) is 0 Å². The average molecular weight is 224 g/mol. The highest BCUT2D eigenvalue weighted by Crippen LogP contribution is 2.11. The molecular formula is C12H16O2S.